The van der Waals surface area contributed by atoms with Crippen molar-refractivity contribution in [1.29, 1.82) is 0 Å². The molecule has 1 aliphatic heterocycles. The first-order chi connectivity index (χ1) is 16.3. The van der Waals surface area contributed by atoms with Gasteiger partial charge in [-0.15, -0.1) is 11.8 Å². The molecule has 4 aromatic rings. The molecule has 2 nitrogen and oxygen atoms in total. The van der Waals surface area contributed by atoms with Crippen LogP contribution in [-0.2, 0) is 19.3 Å². The number of nitrogens with zero attached hydrogens (tertiary/aromatic N) is 1. The Morgan fingerprint density at radius 1 is 0.939 bits per heavy atom. The van der Waals surface area contributed by atoms with Gasteiger partial charge in [-0.05, 0) is 64.8 Å². The van der Waals surface area contributed by atoms with Gasteiger partial charge in [-0.25, -0.2) is 4.98 Å². The van der Waals surface area contributed by atoms with E-state index >= 15 is 0 Å². The van der Waals surface area contributed by atoms with E-state index in [1.54, 1.807) is 16.2 Å². The number of thioether (sulfide) groups is 1. The van der Waals surface area contributed by atoms with Crippen LogP contribution in [0, 0.1) is 11.8 Å². The summed E-state index contributed by atoms with van der Waals surface area (Å²) >= 11 is 3.79. The maximum absolute atomic E-state index is 4.70. The number of benzene rings is 3. The second kappa shape index (κ2) is 10.6. The predicted molar refractivity (Wildman–Crippen MR) is 145 cm³/mol. The second-order valence-corrected chi connectivity index (χ2v) is 10.9. The van der Waals surface area contributed by atoms with Crippen LogP contribution < -0.4 is 5.32 Å². The number of fused-ring (bicyclic) bond motifs is 1. The number of thiazole rings is 1. The highest BCUT2D eigenvalue weighted by Gasteiger charge is 2.28. The normalized spacial score (nSPS) is 19.4. The Labute approximate surface area is 205 Å². The minimum absolute atomic E-state index is 0.642. The zero-order valence-electron chi connectivity index (χ0n) is 19.0. The Balaban J connectivity index is 1.18. The fourth-order valence-electron chi connectivity index (χ4n) is 4.57. The summed E-state index contributed by atoms with van der Waals surface area (Å²) in [4.78, 5) is 6.26. The van der Waals surface area contributed by atoms with Gasteiger partial charge in [0.15, 0.2) is 5.13 Å². The largest absolute Gasteiger partial charge is 0.361 e. The molecule has 33 heavy (non-hydrogen) atoms. The highest BCUT2D eigenvalue weighted by atomic mass is 32.2. The molecule has 0 amide bonds. The van der Waals surface area contributed by atoms with E-state index in [2.05, 4.69) is 103 Å². The number of allylic oxidation sites excluding steroid dienone is 2. The molecule has 4 heteroatoms. The number of anilines is 1. The van der Waals surface area contributed by atoms with Crippen LogP contribution in [0.5, 0.6) is 0 Å². The highest BCUT2D eigenvalue weighted by Crippen LogP contribution is 2.42. The van der Waals surface area contributed by atoms with Crippen LogP contribution in [0.25, 0.3) is 10.2 Å². The van der Waals surface area contributed by atoms with Crippen molar-refractivity contribution in [2.24, 2.45) is 11.8 Å². The lowest BCUT2D eigenvalue weighted by Crippen LogP contribution is -2.11. The minimum atomic E-state index is 0.642. The van der Waals surface area contributed by atoms with E-state index in [1.807, 2.05) is 6.07 Å². The van der Waals surface area contributed by atoms with E-state index in [1.165, 1.54) is 33.6 Å². The molecular weight excluding hydrogens is 440 g/mol. The summed E-state index contributed by atoms with van der Waals surface area (Å²) in [6.07, 6.45) is 5.69. The van der Waals surface area contributed by atoms with E-state index in [0.717, 1.165) is 36.0 Å². The third kappa shape index (κ3) is 5.51. The first-order valence-corrected chi connectivity index (χ1v) is 13.6. The molecule has 3 aromatic carbocycles. The first kappa shape index (κ1) is 22.2. The molecule has 1 N–H and O–H groups in total. The molecule has 2 heterocycles. The quantitative estimate of drug-likeness (QED) is 0.287. The summed E-state index contributed by atoms with van der Waals surface area (Å²) in [6.45, 7) is 3.31. The average molecular weight is 471 g/mol. The molecule has 0 aliphatic carbocycles. The molecule has 2 atom stereocenters. The number of rotatable bonds is 8. The monoisotopic (exact) mass is 470 g/mol. The van der Waals surface area contributed by atoms with Crippen molar-refractivity contribution in [3.63, 3.8) is 0 Å². The van der Waals surface area contributed by atoms with E-state index < -0.39 is 0 Å². The molecule has 1 aliphatic rings. The van der Waals surface area contributed by atoms with Gasteiger partial charge in [0.2, 0.25) is 0 Å². The summed E-state index contributed by atoms with van der Waals surface area (Å²) < 4.78 is 1.24. The number of hydrogen-bond donors (Lipinski definition) is 1. The molecule has 168 valence electrons. The Bertz CT molecular complexity index is 1200. The van der Waals surface area contributed by atoms with Gasteiger partial charge in [0.05, 0.1) is 10.2 Å². The lowest BCUT2D eigenvalue weighted by Gasteiger charge is -2.15. The molecule has 1 saturated heterocycles. The summed E-state index contributed by atoms with van der Waals surface area (Å²) in [7, 11) is 0. The van der Waals surface area contributed by atoms with Gasteiger partial charge in [-0.3, -0.25) is 0 Å². The zero-order chi connectivity index (χ0) is 22.5. The van der Waals surface area contributed by atoms with Crippen molar-refractivity contribution in [2.75, 3.05) is 17.6 Å². The Kier molecular flexibility index (Phi) is 7.13. The topological polar surface area (TPSA) is 24.9 Å². The van der Waals surface area contributed by atoms with Crippen molar-refractivity contribution in [1.82, 2.24) is 4.98 Å². The van der Waals surface area contributed by atoms with Crippen LogP contribution in [0.3, 0.4) is 0 Å². The summed E-state index contributed by atoms with van der Waals surface area (Å²) in [5.41, 5.74) is 5.41. The van der Waals surface area contributed by atoms with E-state index in [0.29, 0.717) is 5.92 Å². The van der Waals surface area contributed by atoms with Gasteiger partial charge in [0, 0.05) is 12.3 Å². The maximum Gasteiger partial charge on any atom is 0.183 e. The molecule has 0 saturated carbocycles. The third-order valence-corrected chi connectivity index (χ3v) is 9.03. The predicted octanol–water partition coefficient (Wildman–Crippen LogP) is 7.62. The standard InChI is InChI=1S/C29H30N2S2/c1-21-25(19-22-9-3-2-4-10-22)20-32-27(21)16-15-23-11-5-6-12-24(23)17-18-30-29-31-26-13-7-8-14-28(26)33-29/h2-14,16,21,25H,15,17-20H2,1H3,(H,30,31)/b27-16+. The molecule has 2 unspecified atom stereocenters. The molecule has 0 bridgehead atoms. The molecule has 1 fully saturated rings. The van der Waals surface area contributed by atoms with Crippen LogP contribution in [0.15, 0.2) is 89.8 Å². The number of hydrogen-bond acceptors (Lipinski definition) is 4. The van der Waals surface area contributed by atoms with Crippen LogP contribution in [0.4, 0.5) is 5.13 Å². The zero-order valence-corrected chi connectivity index (χ0v) is 20.7. The highest BCUT2D eigenvalue weighted by molar-refractivity contribution is 8.03. The maximum atomic E-state index is 4.70. The van der Waals surface area contributed by atoms with Crippen molar-refractivity contribution in [3.8, 4) is 0 Å². The van der Waals surface area contributed by atoms with Gasteiger partial charge in [0.1, 0.15) is 0 Å². The smallest absolute Gasteiger partial charge is 0.183 e. The van der Waals surface area contributed by atoms with Gasteiger partial charge in [-0.2, -0.15) is 0 Å². The van der Waals surface area contributed by atoms with Crippen LogP contribution >= 0.6 is 23.1 Å². The SMILES string of the molecule is CC1/C(=C\Cc2ccccc2CCNc2nc3ccccc3s2)SCC1Cc1ccccc1. The Morgan fingerprint density at radius 3 is 2.55 bits per heavy atom. The fourth-order valence-corrected chi connectivity index (χ4v) is 6.93. The molecular formula is C29H30N2S2. The second-order valence-electron chi connectivity index (χ2n) is 8.79. The van der Waals surface area contributed by atoms with Crippen molar-refractivity contribution >= 4 is 38.4 Å². The van der Waals surface area contributed by atoms with Gasteiger partial charge >= 0.3 is 0 Å². The number of para-hydroxylation sites is 1. The number of aromatic nitrogens is 1. The summed E-state index contributed by atoms with van der Waals surface area (Å²) in [5, 5.41) is 4.54. The average Bonchev–Trinajstić information content (AvgIpc) is 3.42. The van der Waals surface area contributed by atoms with Crippen molar-refractivity contribution in [3.05, 3.63) is 107 Å². The van der Waals surface area contributed by atoms with E-state index in [-0.39, 0.29) is 0 Å². The molecule has 1 aromatic heterocycles. The lowest BCUT2D eigenvalue weighted by molar-refractivity contribution is 0.476. The lowest BCUT2D eigenvalue weighted by atomic mass is 9.89. The number of nitrogens with one attached hydrogen (secondary N) is 1. The third-order valence-electron chi connectivity index (χ3n) is 6.57. The van der Waals surface area contributed by atoms with Gasteiger partial charge in [-0.1, -0.05) is 91.1 Å². The van der Waals surface area contributed by atoms with Crippen molar-refractivity contribution in [2.45, 2.75) is 26.2 Å². The first-order valence-electron chi connectivity index (χ1n) is 11.8. The van der Waals surface area contributed by atoms with Crippen LogP contribution in [0.2, 0.25) is 0 Å². The van der Waals surface area contributed by atoms with Crippen molar-refractivity contribution < 1.29 is 0 Å². The summed E-state index contributed by atoms with van der Waals surface area (Å²) in [6, 6.07) is 28.2. The Morgan fingerprint density at radius 2 is 1.70 bits per heavy atom. The molecule has 5 rings (SSSR count). The minimum Gasteiger partial charge on any atom is -0.361 e. The van der Waals surface area contributed by atoms with Crippen LogP contribution in [-0.4, -0.2) is 17.3 Å². The fraction of sp³-hybridized carbons (Fsp3) is 0.276. The van der Waals surface area contributed by atoms with Gasteiger partial charge < -0.3 is 5.32 Å². The van der Waals surface area contributed by atoms with Crippen LogP contribution in [0.1, 0.15) is 23.6 Å². The molecule has 0 radical (unpaired) electrons. The Hall–Kier alpha value is -2.56. The van der Waals surface area contributed by atoms with E-state index in [9.17, 15) is 0 Å². The summed E-state index contributed by atoms with van der Waals surface area (Å²) in [5.74, 6) is 2.61. The molecule has 0 spiro atoms. The van der Waals surface area contributed by atoms with Gasteiger partial charge in [0.25, 0.3) is 0 Å². The van der Waals surface area contributed by atoms with E-state index in [4.69, 9.17) is 4.98 Å².